The lowest BCUT2D eigenvalue weighted by Gasteiger charge is -2.12. The van der Waals surface area contributed by atoms with E-state index in [9.17, 15) is 4.79 Å². The number of hydrogen-bond acceptors (Lipinski definition) is 7. The first-order valence-electron chi connectivity index (χ1n) is 8.96. The van der Waals surface area contributed by atoms with Crippen molar-refractivity contribution in [1.82, 2.24) is 10.4 Å². The lowest BCUT2D eigenvalue weighted by Crippen LogP contribution is -2.13. The summed E-state index contributed by atoms with van der Waals surface area (Å²) in [5.41, 5.74) is 12.5. The van der Waals surface area contributed by atoms with Crippen LogP contribution in [-0.2, 0) is 0 Å². The first-order valence-corrected chi connectivity index (χ1v) is 10.4. The Bertz CT molecular complexity index is 1040. The molecule has 6 nitrogen and oxygen atoms in total. The molecular formula is C21H19N5OS2. The van der Waals surface area contributed by atoms with Crippen molar-refractivity contribution in [3.63, 3.8) is 0 Å². The standard InChI is InChI=1S/C21H19N5OS2/c22-15-5-1-2-6-16(15)24-19(27)14-10-8-13(9-11-14)18(28)21-26-25-20(29-21)17-7-3-4-12-23-17/h1-12,18,20,25,28H,22H2,(H,24,27). The molecule has 3 aromatic rings. The van der Waals surface area contributed by atoms with E-state index in [4.69, 9.17) is 18.4 Å². The van der Waals surface area contributed by atoms with Gasteiger partial charge < -0.3 is 11.1 Å². The molecule has 0 bridgehead atoms. The van der Waals surface area contributed by atoms with Crippen LogP contribution in [0.3, 0.4) is 0 Å². The third kappa shape index (κ3) is 4.38. The van der Waals surface area contributed by atoms with Gasteiger partial charge in [0.1, 0.15) is 10.4 Å². The van der Waals surface area contributed by atoms with Crippen LogP contribution in [0.15, 0.2) is 78.0 Å². The Labute approximate surface area is 178 Å². The van der Waals surface area contributed by atoms with Gasteiger partial charge in [0.05, 0.1) is 22.3 Å². The van der Waals surface area contributed by atoms with Gasteiger partial charge in [-0.1, -0.05) is 42.1 Å². The number of benzene rings is 2. The second kappa shape index (κ2) is 8.59. The number of anilines is 2. The summed E-state index contributed by atoms with van der Waals surface area (Å²) >= 11 is 6.31. The van der Waals surface area contributed by atoms with Gasteiger partial charge in [0.15, 0.2) is 0 Å². The monoisotopic (exact) mass is 421 g/mol. The predicted octanol–water partition coefficient (Wildman–Crippen LogP) is 4.24. The number of hydrazone groups is 1. The highest BCUT2D eigenvalue weighted by atomic mass is 32.2. The van der Waals surface area contributed by atoms with Crippen molar-refractivity contribution in [2.75, 3.05) is 11.1 Å². The molecule has 2 heterocycles. The predicted molar refractivity (Wildman–Crippen MR) is 122 cm³/mol. The number of nitrogens with one attached hydrogen (secondary N) is 2. The molecule has 2 atom stereocenters. The molecule has 4 rings (SSSR count). The smallest absolute Gasteiger partial charge is 0.255 e. The molecule has 1 aliphatic heterocycles. The van der Waals surface area contributed by atoms with E-state index in [1.807, 2.05) is 42.5 Å². The molecule has 0 aliphatic carbocycles. The summed E-state index contributed by atoms with van der Waals surface area (Å²) in [6.07, 6.45) is 1.76. The number of pyridine rings is 1. The fourth-order valence-electron chi connectivity index (χ4n) is 2.84. The minimum atomic E-state index is -0.213. The van der Waals surface area contributed by atoms with Gasteiger partial charge in [-0.3, -0.25) is 15.2 Å². The van der Waals surface area contributed by atoms with Crippen molar-refractivity contribution < 1.29 is 4.79 Å². The fraction of sp³-hybridized carbons (Fsp3) is 0.0952. The number of thioether (sulfide) groups is 1. The Hall–Kier alpha value is -2.97. The fourth-order valence-corrected chi connectivity index (χ4v) is 4.23. The van der Waals surface area contributed by atoms with Crippen LogP contribution in [0.1, 0.15) is 32.2 Å². The third-order valence-corrected chi connectivity index (χ3v) is 6.29. The van der Waals surface area contributed by atoms with Crippen LogP contribution in [0, 0.1) is 0 Å². The van der Waals surface area contributed by atoms with Crippen LogP contribution >= 0.6 is 24.4 Å². The van der Waals surface area contributed by atoms with Gasteiger partial charge in [-0.05, 0) is 42.0 Å². The van der Waals surface area contributed by atoms with E-state index in [0.29, 0.717) is 16.9 Å². The highest BCUT2D eigenvalue weighted by Crippen LogP contribution is 2.38. The number of hydrogen-bond donors (Lipinski definition) is 4. The topological polar surface area (TPSA) is 92.4 Å². The molecule has 2 aromatic carbocycles. The number of nitrogens with zero attached hydrogens (tertiary/aromatic N) is 2. The van der Waals surface area contributed by atoms with Crippen molar-refractivity contribution in [2.45, 2.75) is 10.6 Å². The van der Waals surface area contributed by atoms with E-state index in [2.05, 4.69) is 20.8 Å². The first-order chi connectivity index (χ1) is 14.1. The van der Waals surface area contributed by atoms with Gasteiger partial charge >= 0.3 is 0 Å². The Morgan fingerprint density at radius 2 is 1.86 bits per heavy atom. The van der Waals surface area contributed by atoms with E-state index < -0.39 is 0 Å². The Morgan fingerprint density at radius 3 is 2.59 bits per heavy atom. The molecule has 1 aromatic heterocycles. The normalized spacial score (nSPS) is 16.6. The summed E-state index contributed by atoms with van der Waals surface area (Å²) < 4.78 is 0. The number of para-hydroxylation sites is 2. The zero-order chi connectivity index (χ0) is 20.2. The maximum Gasteiger partial charge on any atom is 0.255 e. The van der Waals surface area contributed by atoms with Gasteiger partial charge in [0, 0.05) is 11.8 Å². The van der Waals surface area contributed by atoms with Crippen molar-refractivity contribution in [1.29, 1.82) is 0 Å². The second-order valence-corrected chi connectivity index (χ2v) is 8.04. The van der Waals surface area contributed by atoms with Gasteiger partial charge in [-0.2, -0.15) is 17.7 Å². The van der Waals surface area contributed by atoms with Crippen LogP contribution < -0.4 is 16.5 Å². The van der Waals surface area contributed by atoms with Crippen LogP contribution in [0.2, 0.25) is 0 Å². The quantitative estimate of drug-likeness (QED) is 0.365. The van der Waals surface area contributed by atoms with Crippen molar-refractivity contribution in [3.05, 3.63) is 89.7 Å². The minimum absolute atomic E-state index is 0.0257. The molecule has 0 radical (unpaired) electrons. The Balaban J connectivity index is 1.41. The molecule has 29 heavy (non-hydrogen) atoms. The van der Waals surface area contributed by atoms with Crippen molar-refractivity contribution in [3.8, 4) is 0 Å². The zero-order valence-corrected chi connectivity index (χ0v) is 17.0. The number of nitrogens with two attached hydrogens (primary N) is 1. The SMILES string of the molecule is Nc1ccccc1NC(=O)c1ccc(C(S)C2=NNC(c3ccccn3)S2)cc1. The lowest BCUT2D eigenvalue weighted by atomic mass is 10.1. The summed E-state index contributed by atoms with van der Waals surface area (Å²) in [5, 5.41) is 7.88. The molecule has 8 heteroatoms. The van der Waals surface area contributed by atoms with E-state index in [0.717, 1.165) is 16.3 Å². The van der Waals surface area contributed by atoms with Crippen LogP contribution in [0.5, 0.6) is 0 Å². The Morgan fingerprint density at radius 1 is 1.10 bits per heavy atom. The third-order valence-electron chi connectivity index (χ3n) is 4.42. The number of amides is 1. The number of nitrogen functional groups attached to an aromatic ring is 1. The molecule has 0 saturated heterocycles. The molecule has 146 valence electrons. The van der Waals surface area contributed by atoms with E-state index in [1.165, 1.54) is 0 Å². The summed E-state index contributed by atoms with van der Waals surface area (Å²) in [7, 11) is 0. The summed E-state index contributed by atoms with van der Waals surface area (Å²) in [6, 6.07) is 20.3. The first kappa shape index (κ1) is 19.4. The molecule has 0 fully saturated rings. The highest BCUT2D eigenvalue weighted by molar-refractivity contribution is 8.15. The van der Waals surface area contributed by atoms with Gasteiger partial charge in [0.25, 0.3) is 5.91 Å². The summed E-state index contributed by atoms with van der Waals surface area (Å²) in [4.78, 5) is 16.8. The van der Waals surface area contributed by atoms with E-state index >= 15 is 0 Å². The molecule has 0 saturated carbocycles. The number of rotatable bonds is 5. The largest absolute Gasteiger partial charge is 0.397 e. The van der Waals surface area contributed by atoms with Crippen LogP contribution in [-0.4, -0.2) is 15.9 Å². The molecule has 1 aliphatic rings. The summed E-state index contributed by atoms with van der Waals surface area (Å²) in [5.74, 6) is -0.213. The minimum Gasteiger partial charge on any atom is -0.397 e. The van der Waals surface area contributed by atoms with Gasteiger partial charge in [-0.15, -0.1) is 0 Å². The number of carbonyl (C=O) groups excluding carboxylic acids is 1. The second-order valence-electron chi connectivity index (χ2n) is 6.40. The maximum absolute atomic E-state index is 12.5. The summed E-state index contributed by atoms with van der Waals surface area (Å²) in [6.45, 7) is 0. The molecule has 4 N–H and O–H groups in total. The lowest BCUT2D eigenvalue weighted by molar-refractivity contribution is 0.102. The van der Waals surface area contributed by atoms with Crippen LogP contribution in [0.4, 0.5) is 11.4 Å². The molecular weight excluding hydrogens is 402 g/mol. The van der Waals surface area contributed by atoms with E-state index in [-0.39, 0.29) is 16.5 Å². The zero-order valence-electron chi connectivity index (χ0n) is 15.3. The molecule has 1 amide bonds. The average Bonchev–Trinajstić information content (AvgIpc) is 3.26. The molecule has 0 spiro atoms. The number of aromatic nitrogens is 1. The van der Waals surface area contributed by atoms with Crippen LogP contribution in [0.25, 0.3) is 0 Å². The average molecular weight is 422 g/mol. The van der Waals surface area contributed by atoms with E-state index in [1.54, 1.807) is 42.2 Å². The van der Waals surface area contributed by atoms with Gasteiger partial charge in [0.2, 0.25) is 0 Å². The number of thiol groups is 1. The molecule has 2 unspecified atom stereocenters. The highest BCUT2D eigenvalue weighted by Gasteiger charge is 2.27. The van der Waals surface area contributed by atoms with Gasteiger partial charge in [-0.25, -0.2) is 0 Å². The Kier molecular flexibility index (Phi) is 5.73. The number of carbonyl (C=O) groups is 1. The van der Waals surface area contributed by atoms with Crippen molar-refractivity contribution in [2.24, 2.45) is 5.10 Å². The van der Waals surface area contributed by atoms with Crippen molar-refractivity contribution >= 4 is 46.7 Å². The maximum atomic E-state index is 12.5.